The van der Waals surface area contributed by atoms with E-state index in [1.165, 1.54) is 12.1 Å². The van der Waals surface area contributed by atoms with E-state index in [1.54, 1.807) is 12.5 Å². The van der Waals surface area contributed by atoms with Crippen LogP contribution in [0.2, 0.25) is 0 Å². The molecule has 130 valence electrons. The fourth-order valence-corrected chi connectivity index (χ4v) is 3.29. The molecular formula is C19H20FN3O2. The Morgan fingerprint density at radius 3 is 2.88 bits per heavy atom. The lowest BCUT2D eigenvalue weighted by Crippen LogP contribution is -2.43. The van der Waals surface area contributed by atoms with E-state index in [4.69, 9.17) is 10.5 Å². The van der Waals surface area contributed by atoms with Crippen molar-refractivity contribution in [2.45, 2.75) is 38.3 Å². The van der Waals surface area contributed by atoms with E-state index in [9.17, 15) is 9.50 Å². The van der Waals surface area contributed by atoms with E-state index < -0.39 is 5.82 Å². The molecule has 1 saturated carbocycles. The second-order valence-corrected chi connectivity index (χ2v) is 6.56. The molecule has 6 heteroatoms. The minimum Gasteiger partial charge on any atom is -0.505 e. The molecule has 3 aromatic rings. The summed E-state index contributed by atoms with van der Waals surface area (Å²) in [7, 11) is 0. The number of benzene rings is 1. The van der Waals surface area contributed by atoms with Crippen molar-refractivity contribution in [3.05, 3.63) is 48.3 Å². The smallest absolute Gasteiger partial charge is 0.165 e. The molecule has 1 aliphatic carbocycles. The number of aromatic hydroxyl groups is 1. The van der Waals surface area contributed by atoms with Crippen LogP contribution in [-0.2, 0) is 6.42 Å². The third-order valence-corrected chi connectivity index (χ3v) is 4.77. The van der Waals surface area contributed by atoms with Gasteiger partial charge < -0.3 is 20.0 Å². The van der Waals surface area contributed by atoms with Crippen LogP contribution in [0.5, 0.6) is 11.5 Å². The third kappa shape index (κ3) is 2.82. The Labute approximate surface area is 144 Å². The summed E-state index contributed by atoms with van der Waals surface area (Å²) in [5.41, 5.74) is 9.13. The minimum atomic E-state index is -0.634. The van der Waals surface area contributed by atoms with Crippen molar-refractivity contribution in [3.8, 4) is 22.6 Å². The van der Waals surface area contributed by atoms with Crippen LogP contribution in [0.25, 0.3) is 16.6 Å². The van der Waals surface area contributed by atoms with Crippen LogP contribution < -0.4 is 10.5 Å². The molecule has 0 amide bonds. The molecule has 4 rings (SSSR count). The molecule has 0 saturated heterocycles. The summed E-state index contributed by atoms with van der Waals surface area (Å²) < 4.78 is 21.9. The zero-order valence-electron chi connectivity index (χ0n) is 13.9. The molecule has 0 spiro atoms. The highest BCUT2D eigenvalue weighted by molar-refractivity contribution is 5.74. The maximum absolute atomic E-state index is 13.9. The van der Waals surface area contributed by atoms with Gasteiger partial charge in [0.1, 0.15) is 17.4 Å². The molecule has 0 radical (unpaired) electrons. The van der Waals surface area contributed by atoms with Gasteiger partial charge in [-0.1, -0.05) is 6.92 Å². The molecule has 2 aromatic heterocycles. The molecule has 0 bridgehead atoms. The summed E-state index contributed by atoms with van der Waals surface area (Å²) in [6.07, 6.45) is 7.78. The average Bonchev–Trinajstić information content (AvgIpc) is 3.04. The van der Waals surface area contributed by atoms with E-state index in [1.807, 2.05) is 23.6 Å². The van der Waals surface area contributed by atoms with Gasteiger partial charge in [0.25, 0.3) is 0 Å². The Kier molecular flexibility index (Phi) is 3.84. The van der Waals surface area contributed by atoms with Gasteiger partial charge in [-0.2, -0.15) is 0 Å². The van der Waals surface area contributed by atoms with E-state index >= 15 is 0 Å². The van der Waals surface area contributed by atoms with Gasteiger partial charge in [0, 0.05) is 17.8 Å². The van der Waals surface area contributed by atoms with E-state index in [0.29, 0.717) is 12.2 Å². The Morgan fingerprint density at radius 1 is 1.36 bits per heavy atom. The first-order valence-electron chi connectivity index (χ1n) is 8.45. The first kappa shape index (κ1) is 15.9. The first-order chi connectivity index (χ1) is 12.0. The number of nitrogens with two attached hydrogens (primary N) is 1. The summed E-state index contributed by atoms with van der Waals surface area (Å²) in [6, 6.07) is 4.96. The molecule has 0 atom stereocenters. The number of phenolic OH excluding ortho intramolecular Hbond substituents is 1. The minimum absolute atomic E-state index is 0.103. The SMILES string of the molecule is CCc1cc(O)c(F)cc1-c1cc(O[C@H]2C[C@H](N)C2)c2cncn2c1. The van der Waals surface area contributed by atoms with Crippen molar-refractivity contribution in [2.24, 2.45) is 5.73 Å². The number of ether oxygens (including phenoxy) is 1. The van der Waals surface area contributed by atoms with Crippen LogP contribution >= 0.6 is 0 Å². The Bertz CT molecular complexity index is 932. The topological polar surface area (TPSA) is 72.8 Å². The summed E-state index contributed by atoms with van der Waals surface area (Å²) in [4.78, 5) is 4.18. The van der Waals surface area contributed by atoms with Crippen molar-refractivity contribution >= 4 is 5.52 Å². The molecule has 25 heavy (non-hydrogen) atoms. The van der Waals surface area contributed by atoms with Gasteiger partial charge in [-0.05, 0) is 48.6 Å². The predicted molar refractivity (Wildman–Crippen MR) is 93.3 cm³/mol. The number of aryl methyl sites for hydroxylation is 1. The van der Waals surface area contributed by atoms with Crippen molar-refractivity contribution < 1.29 is 14.2 Å². The van der Waals surface area contributed by atoms with Crippen LogP contribution in [0, 0.1) is 5.82 Å². The number of phenols is 1. The summed E-state index contributed by atoms with van der Waals surface area (Å²) >= 11 is 0. The highest BCUT2D eigenvalue weighted by Crippen LogP contribution is 2.35. The standard InChI is InChI=1S/C19H20FN3O2/c1-2-11-3-18(24)16(20)7-15(11)12-4-19(25-14-5-13(21)6-14)17-8-22-10-23(17)9-12/h3-4,7-10,13-14,24H,2,5-6,21H2,1H3/t13-,14-. The lowest BCUT2D eigenvalue weighted by molar-refractivity contribution is 0.102. The molecular weight excluding hydrogens is 321 g/mol. The molecule has 1 aliphatic rings. The van der Waals surface area contributed by atoms with Crippen LogP contribution in [0.3, 0.4) is 0 Å². The predicted octanol–water partition coefficient (Wildman–Crippen LogP) is 3.28. The van der Waals surface area contributed by atoms with Crippen molar-refractivity contribution in [1.82, 2.24) is 9.38 Å². The molecule has 2 heterocycles. The van der Waals surface area contributed by atoms with E-state index in [0.717, 1.165) is 35.0 Å². The zero-order valence-corrected chi connectivity index (χ0v) is 13.9. The Morgan fingerprint density at radius 2 is 2.16 bits per heavy atom. The fourth-order valence-electron chi connectivity index (χ4n) is 3.29. The fraction of sp³-hybridized carbons (Fsp3) is 0.316. The molecule has 1 fully saturated rings. The second kappa shape index (κ2) is 6.04. The lowest BCUT2D eigenvalue weighted by Gasteiger charge is -2.32. The zero-order chi connectivity index (χ0) is 17.6. The number of hydrogen-bond acceptors (Lipinski definition) is 4. The van der Waals surface area contributed by atoms with Crippen molar-refractivity contribution in [3.63, 3.8) is 0 Å². The number of rotatable bonds is 4. The molecule has 1 aromatic carbocycles. The van der Waals surface area contributed by atoms with Crippen molar-refractivity contribution in [2.75, 3.05) is 0 Å². The lowest BCUT2D eigenvalue weighted by atomic mass is 9.90. The van der Waals surface area contributed by atoms with E-state index in [2.05, 4.69) is 4.98 Å². The van der Waals surface area contributed by atoms with Gasteiger partial charge in [0.2, 0.25) is 0 Å². The van der Waals surface area contributed by atoms with Gasteiger partial charge in [0.05, 0.1) is 12.5 Å². The van der Waals surface area contributed by atoms with Gasteiger partial charge in [-0.15, -0.1) is 0 Å². The quantitative estimate of drug-likeness (QED) is 0.764. The summed E-state index contributed by atoms with van der Waals surface area (Å²) in [5, 5.41) is 9.65. The van der Waals surface area contributed by atoms with Gasteiger partial charge >= 0.3 is 0 Å². The molecule has 5 nitrogen and oxygen atoms in total. The highest BCUT2D eigenvalue weighted by Gasteiger charge is 2.28. The van der Waals surface area contributed by atoms with Gasteiger partial charge in [0.15, 0.2) is 11.6 Å². The second-order valence-electron chi connectivity index (χ2n) is 6.56. The summed E-state index contributed by atoms with van der Waals surface area (Å²) in [6.45, 7) is 1.97. The normalized spacial score (nSPS) is 19.8. The number of hydrogen-bond donors (Lipinski definition) is 2. The highest BCUT2D eigenvalue weighted by atomic mass is 19.1. The molecule has 3 N–H and O–H groups in total. The Balaban J connectivity index is 1.81. The largest absolute Gasteiger partial charge is 0.505 e. The maximum Gasteiger partial charge on any atom is 0.165 e. The summed E-state index contributed by atoms with van der Waals surface area (Å²) in [5.74, 6) is -0.253. The van der Waals surface area contributed by atoms with Gasteiger partial charge in [-0.25, -0.2) is 9.37 Å². The monoisotopic (exact) mass is 341 g/mol. The average molecular weight is 341 g/mol. The number of imidazole rings is 1. The number of fused-ring (bicyclic) bond motifs is 1. The first-order valence-corrected chi connectivity index (χ1v) is 8.45. The van der Waals surface area contributed by atoms with E-state index in [-0.39, 0.29) is 17.9 Å². The van der Waals surface area contributed by atoms with Crippen LogP contribution in [0.1, 0.15) is 25.3 Å². The maximum atomic E-state index is 13.9. The number of nitrogens with zero attached hydrogens (tertiary/aromatic N) is 2. The molecule has 0 unspecified atom stereocenters. The van der Waals surface area contributed by atoms with Crippen LogP contribution in [-0.4, -0.2) is 26.6 Å². The van der Waals surface area contributed by atoms with Crippen molar-refractivity contribution in [1.29, 1.82) is 0 Å². The van der Waals surface area contributed by atoms with Crippen LogP contribution in [0.15, 0.2) is 36.9 Å². The van der Waals surface area contributed by atoms with Gasteiger partial charge in [-0.3, -0.25) is 0 Å². The number of halogens is 1. The molecule has 0 aliphatic heterocycles. The number of aromatic nitrogens is 2. The number of pyridine rings is 1. The Hall–Kier alpha value is -2.60. The third-order valence-electron chi connectivity index (χ3n) is 4.77. The van der Waals surface area contributed by atoms with Crippen LogP contribution in [0.4, 0.5) is 4.39 Å².